The van der Waals surface area contributed by atoms with Gasteiger partial charge in [0.05, 0.1) is 51.4 Å². The first kappa shape index (κ1) is 44.4. The second kappa shape index (κ2) is 18.1. The zero-order valence-electron chi connectivity index (χ0n) is 40.6. The molecule has 2 heterocycles. The maximum Gasteiger partial charge on any atom is 0.160 e. The lowest BCUT2D eigenvalue weighted by molar-refractivity contribution is 1.16. The van der Waals surface area contributed by atoms with Crippen molar-refractivity contribution in [3.05, 3.63) is 233 Å². The van der Waals surface area contributed by atoms with E-state index in [1.54, 1.807) is 0 Å². The van der Waals surface area contributed by atoms with Crippen LogP contribution in [0.15, 0.2) is 188 Å². The van der Waals surface area contributed by atoms with Crippen LogP contribution in [0.1, 0.15) is 44.5 Å². The van der Waals surface area contributed by atoms with Crippen molar-refractivity contribution in [2.45, 2.75) is 41.5 Å². The topological polar surface area (TPSA) is 78.3 Å². The summed E-state index contributed by atoms with van der Waals surface area (Å²) in [6, 6.07) is 70.3. The number of rotatable bonds is 8. The molecule has 9 aromatic carbocycles. The molecule has 0 radical (unpaired) electrons. The summed E-state index contributed by atoms with van der Waals surface area (Å²) in [5, 5.41) is 22.3. The van der Waals surface area contributed by atoms with Crippen molar-refractivity contribution >= 4 is 21.8 Å². The number of nitrogens with zero attached hydrogens (tertiary/aromatic N) is 5. The van der Waals surface area contributed by atoms with E-state index in [1.807, 2.05) is 84.9 Å². The molecule has 0 fully saturated rings. The fraction of sp³-hybridized carbons (Fsp3) is 0.0909. The predicted molar refractivity (Wildman–Crippen MR) is 292 cm³/mol. The average molecular weight is 912 g/mol. The minimum atomic E-state index is 0.575. The van der Waals surface area contributed by atoms with Gasteiger partial charge in [-0.2, -0.15) is 10.5 Å². The summed E-state index contributed by atoms with van der Waals surface area (Å²) in [5.41, 5.74) is 24.6. The van der Waals surface area contributed by atoms with Crippen molar-refractivity contribution in [1.82, 2.24) is 14.5 Å². The molecular weight excluding hydrogens is 863 g/mol. The summed E-state index contributed by atoms with van der Waals surface area (Å²) in [5.74, 6) is 0.575. The molecule has 0 aliphatic carbocycles. The molecule has 0 bridgehead atoms. The van der Waals surface area contributed by atoms with E-state index in [4.69, 9.17) is 9.97 Å². The van der Waals surface area contributed by atoms with E-state index in [0.29, 0.717) is 17.0 Å². The van der Waals surface area contributed by atoms with Crippen molar-refractivity contribution in [2.24, 2.45) is 0 Å². The van der Waals surface area contributed by atoms with Crippen LogP contribution in [-0.2, 0) is 0 Å². The van der Waals surface area contributed by atoms with Crippen LogP contribution in [0.5, 0.6) is 0 Å². The van der Waals surface area contributed by atoms with Gasteiger partial charge in [0.2, 0.25) is 0 Å². The SMILES string of the molecule is Cc1cc(C)c(-c2ccc3c(c2)c2cc(-c4c(C)cc(C)cc4C)ccc2n3-c2c(-c3ccc(C#N)cc3)cc(-c3nc(-c4ccccc4)cc(-c4ccccc4)n3)cc2-c2ccc(C#N)cc2)c(C)c1. The number of aryl methyl sites for hydroxylation is 6. The molecule has 11 aromatic rings. The molecule has 0 spiro atoms. The molecule has 0 aliphatic heterocycles. The quantitative estimate of drug-likeness (QED) is 0.152. The third-order valence-corrected chi connectivity index (χ3v) is 13.8. The Morgan fingerprint density at radius 1 is 0.366 bits per heavy atom. The smallest absolute Gasteiger partial charge is 0.160 e. The molecular formula is C66H49N5. The van der Waals surface area contributed by atoms with Crippen LogP contribution in [-0.4, -0.2) is 14.5 Å². The monoisotopic (exact) mass is 911 g/mol. The molecule has 5 nitrogen and oxygen atoms in total. The van der Waals surface area contributed by atoms with Crippen molar-refractivity contribution in [1.29, 1.82) is 10.5 Å². The van der Waals surface area contributed by atoms with Gasteiger partial charge in [0.15, 0.2) is 5.82 Å². The van der Waals surface area contributed by atoms with Crippen LogP contribution < -0.4 is 0 Å². The standard InChI is InChI=1S/C66H49N5/c1-40-29-42(3)63(43(4)30-40)52-25-27-61-57(33-52)58-34-53(64-44(5)31-41(2)32-45(64)6)26-28-62(58)71(61)65-55(48-21-17-46(38-67)18-22-48)35-54(36-56(65)49-23-19-47(39-68)20-24-49)66-69-59(50-13-9-7-10-14-50)37-60(70-66)51-15-11-8-12-16-51/h7-37H,1-6H3. The van der Waals surface area contributed by atoms with Gasteiger partial charge in [-0.15, -0.1) is 0 Å². The van der Waals surface area contributed by atoms with Gasteiger partial charge in [-0.3, -0.25) is 0 Å². The highest BCUT2D eigenvalue weighted by atomic mass is 15.0. The number of nitriles is 2. The molecule has 0 saturated heterocycles. The molecule has 71 heavy (non-hydrogen) atoms. The molecule has 0 aliphatic rings. The van der Waals surface area contributed by atoms with Crippen molar-refractivity contribution in [3.63, 3.8) is 0 Å². The van der Waals surface area contributed by atoms with E-state index in [1.165, 1.54) is 55.6 Å². The average Bonchev–Trinajstić information content (AvgIpc) is 3.70. The fourth-order valence-corrected chi connectivity index (χ4v) is 10.8. The highest BCUT2D eigenvalue weighted by Gasteiger charge is 2.25. The maximum atomic E-state index is 10.0. The van der Waals surface area contributed by atoms with E-state index in [2.05, 4.69) is 161 Å². The molecule has 0 N–H and O–H groups in total. The first-order chi connectivity index (χ1) is 34.5. The van der Waals surface area contributed by atoms with Gasteiger partial charge >= 0.3 is 0 Å². The van der Waals surface area contributed by atoms with Gasteiger partial charge in [-0.1, -0.05) is 132 Å². The normalized spacial score (nSPS) is 11.2. The Hall–Kier alpha value is -9.16. The maximum absolute atomic E-state index is 10.0. The Bertz CT molecular complexity index is 3680. The van der Waals surface area contributed by atoms with Gasteiger partial charge in [0.1, 0.15) is 0 Å². The Morgan fingerprint density at radius 3 is 1.13 bits per heavy atom. The largest absolute Gasteiger partial charge is 0.308 e. The highest BCUT2D eigenvalue weighted by molar-refractivity contribution is 6.13. The van der Waals surface area contributed by atoms with Crippen molar-refractivity contribution < 1.29 is 0 Å². The van der Waals surface area contributed by atoms with Gasteiger partial charge in [0, 0.05) is 38.6 Å². The molecule has 0 amide bonds. The second-order valence-corrected chi connectivity index (χ2v) is 18.8. The molecule has 2 aromatic heterocycles. The molecule has 0 unspecified atom stereocenters. The lowest BCUT2D eigenvalue weighted by atomic mass is 9.91. The van der Waals surface area contributed by atoms with Gasteiger partial charge in [-0.25, -0.2) is 9.97 Å². The predicted octanol–water partition coefficient (Wildman–Crippen LogP) is 16.8. The van der Waals surface area contributed by atoms with Crippen LogP contribution in [0.3, 0.4) is 0 Å². The highest BCUT2D eigenvalue weighted by Crippen LogP contribution is 2.46. The van der Waals surface area contributed by atoms with E-state index in [9.17, 15) is 10.5 Å². The first-order valence-electron chi connectivity index (χ1n) is 24.0. The molecule has 338 valence electrons. The van der Waals surface area contributed by atoms with E-state index in [-0.39, 0.29) is 0 Å². The van der Waals surface area contributed by atoms with E-state index < -0.39 is 0 Å². The molecule has 11 rings (SSSR count). The summed E-state index contributed by atoms with van der Waals surface area (Å²) in [6.45, 7) is 13.2. The Balaban J connectivity index is 1.27. The Morgan fingerprint density at radius 2 is 0.746 bits per heavy atom. The molecule has 0 atom stereocenters. The van der Waals surface area contributed by atoms with Crippen LogP contribution in [0.25, 0.3) is 106 Å². The summed E-state index contributed by atoms with van der Waals surface area (Å²) in [4.78, 5) is 10.7. The third kappa shape index (κ3) is 8.14. The van der Waals surface area contributed by atoms with Crippen molar-refractivity contribution in [2.75, 3.05) is 0 Å². The lowest BCUT2D eigenvalue weighted by Crippen LogP contribution is -2.03. The van der Waals surface area contributed by atoms with E-state index in [0.717, 1.165) is 77.8 Å². The third-order valence-electron chi connectivity index (χ3n) is 13.8. The summed E-state index contributed by atoms with van der Waals surface area (Å²) < 4.78 is 2.42. The summed E-state index contributed by atoms with van der Waals surface area (Å²) >= 11 is 0. The van der Waals surface area contributed by atoms with Crippen LogP contribution in [0.4, 0.5) is 0 Å². The second-order valence-electron chi connectivity index (χ2n) is 18.8. The fourth-order valence-electron chi connectivity index (χ4n) is 10.8. The Labute approximate surface area is 415 Å². The van der Waals surface area contributed by atoms with Crippen LogP contribution >= 0.6 is 0 Å². The minimum absolute atomic E-state index is 0.575. The number of fused-ring (bicyclic) bond motifs is 3. The lowest BCUT2D eigenvalue weighted by Gasteiger charge is -2.21. The molecule has 0 saturated carbocycles. The van der Waals surface area contributed by atoms with Gasteiger partial charge in [-0.05, 0) is 164 Å². The zero-order chi connectivity index (χ0) is 48.9. The van der Waals surface area contributed by atoms with Gasteiger partial charge in [0.25, 0.3) is 0 Å². The van der Waals surface area contributed by atoms with Crippen molar-refractivity contribution in [3.8, 4) is 96.2 Å². The van der Waals surface area contributed by atoms with E-state index >= 15 is 0 Å². The number of benzene rings is 9. The first-order valence-corrected chi connectivity index (χ1v) is 24.0. The van der Waals surface area contributed by atoms with Gasteiger partial charge < -0.3 is 4.57 Å². The summed E-state index contributed by atoms with van der Waals surface area (Å²) in [7, 11) is 0. The van der Waals surface area contributed by atoms with Crippen LogP contribution in [0.2, 0.25) is 0 Å². The number of hydrogen-bond acceptors (Lipinski definition) is 4. The number of aromatic nitrogens is 3. The Kier molecular flexibility index (Phi) is 11.3. The summed E-state index contributed by atoms with van der Waals surface area (Å²) in [6.07, 6.45) is 0. The molecule has 5 heteroatoms. The zero-order valence-corrected chi connectivity index (χ0v) is 40.6. The minimum Gasteiger partial charge on any atom is -0.308 e. The van der Waals surface area contributed by atoms with Crippen LogP contribution in [0, 0.1) is 64.2 Å². The number of hydrogen-bond donors (Lipinski definition) is 0.